The summed E-state index contributed by atoms with van der Waals surface area (Å²) in [5, 5.41) is 8.73. The average molecular weight is 496 g/mol. The molecule has 36 heavy (non-hydrogen) atoms. The number of aliphatic carboxylic acids is 1. The Kier molecular flexibility index (Phi) is 9.15. The molecule has 1 fully saturated rings. The van der Waals surface area contributed by atoms with Gasteiger partial charge in [-0.15, -0.1) is 0 Å². The van der Waals surface area contributed by atoms with Crippen molar-refractivity contribution in [2.75, 3.05) is 47.9 Å². The number of hydrogen-bond donors (Lipinski definition) is 1. The van der Waals surface area contributed by atoms with Crippen LogP contribution < -0.4 is 0 Å². The molecule has 3 amide bonds. The molecule has 2 heterocycles. The number of fused-ring (bicyclic) bond motifs is 1. The Hall–Kier alpha value is -3.76. The maximum Gasteiger partial charge on any atom is 0.328 e. The van der Waals surface area contributed by atoms with Gasteiger partial charge in [0, 0.05) is 20.6 Å². The van der Waals surface area contributed by atoms with Gasteiger partial charge in [0.25, 0.3) is 5.91 Å². The fraction of sp³-hybridized carbons (Fsp3) is 0.385. The van der Waals surface area contributed by atoms with Gasteiger partial charge < -0.3 is 24.5 Å². The van der Waals surface area contributed by atoms with Crippen molar-refractivity contribution >= 4 is 24.2 Å². The van der Waals surface area contributed by atoms with Gasteiger partial charge in [0.1, 0.15) is 12.6 Å². The van der Waals surface area contributed by atoms with Crippen LogP contribution in [0.5, 0.6) is 0 Å². The van der Waals surface area contributed by atoms with E-state index in [2.05, 4.69) is 72.5 Å². The van der Waals surface area contributed by atoms with Gasteiger partial charge >= 0.3 is 12.0 Å². The van der Waals surface area contributed by atoms with Crippen molar-refractivity contribution in [3.8, 4) is 0 Å². The molecule has 2 unspecified atom stereocenters. The molecule has 2 aromatic carbocycles. The van der Waals surface area contributed by atoms with Crippen LogP contribution in [0.3, 0.4) is 0 Å². The Morgan fingerprint density at radius 2 is 1.58 bits per heavy atom. The first-order valence-corrected chi connectivity index (χ1v) is 11.6. The van der Waals surface area contributed by atoms with Gasteiger partial charge in [-0.3, -0.25) is 14.5 Å². The lowest BCUT2D eigenvalue weighted by molar-refractivity contribution is -0.140. The van der Waals surface area contributed by atoms with Crippen LogP contribution in [0.15, 0.2) is 65.7 Å². The smallest absolute Gasteiger partial charge is 0.328 e. The summed E-state index contributed by atoms with van der Waals surface area (Å²) in [6.07, 6.45) is 0.692. The molecule has 4 rings (SSSR count). The summed E-state index contributed by atoms with van der Waals surface area (Å²) >= 11 is 0. The van der Waals surface area contributed by atoms with E-state index >= 15 is 0 Å². The van der Waals surface area contributed by atoms with Gasteiger partial charge in [0.15, 0.2) is 12.2 Å². The monoisotopic (exact) mass is 495 g/mol. The number of hydrogen-bond acceptors (Lipinski definition) is 7. The molecule has 0 aliphatic carbocycles. The standard InChI is InChI=1S/C17H21NO.C9H12N4O4/c1-18(2)13-14-19-17(15-9-5-3-6-10-15)16-11-7-4-8-12-16;1-11-7-6(8(16)12(2)9(11)17)13(4-10-7)3-5(14)15/h3-12,17H,13-14H2,1-2H3;4,6-7H,3H2,1-2H3,(H,14,15). The van der Waals surface area contributed by atoms with Crippen LogP contribution >= 0.6 is 0 Å². The van der Waals surface area contributed by atoms with E-state index in [1.807, 2.05) is 12.1 Å². The molecule has 2 atom stereocenters. The van der Waals surface area contributed by atoms with Crippen LogP contribution in [-0.4, -0.2) is 109 Å². The normalized spacial score (nSPS) is 19.0. The van der Waals surface area contributed by atoms with Crippen LogP contribution in [0.2, 0.25) is 0 Å². The molecule has 2 aromatic rings. The number of amides is 3. The number of nitrogens with zero attached hydrogens (tertiary/aromatic N) is 5. The number of imide groups is 1. The largest absolute Gasteiger partial charge is 0.480 e. The van der Waals surface area contributed by atoms with Crippen molar-refractivity contribution in [1.82, 2.24) is 19.6 Å². The highest BCUT2D eigenvalue weighted by atomic mass is 16.5. The summed E-state index contributed by atoms with van der Waals surface area (Å²) < 4.78 is 6.08. The fourth-order valence-electron chi connectivity index (χ4n) is 3.99. The van der Waals surface area contributed by atoms with Crippen molar-refractivity contribution in [3.05, 3.63) is 71.8 Å². The molecule has 0 bridgehead atoms. The molecular formula is C26H33N5O5. The van der Waals surface area contributed by atoms with Crippen LogP contribution in [0.25, 0.3) is 0 Å². The van der Waals surface area contributed by atoms with Gasteiger partial charge in [-0.1, -0.05) is 60.7 Å². The van der Waals surface area contributed by atoms with Gasteiger partial charge in [-0.25, -0.2) is 9.79 Å². The second-order valence-electron chi connectivity index (χ2n) is 8.86. The van der Waals surface area contributed by atoms with E-state index in [1.165, 1.54) is 41.4 Å². The number of carbonyl (C=O) groups is 3. The summed E-state index contributed by atoms with van der Waals surface area (Å²) in [5.74, 6) is -1.48. The first-order valence-electron chi connectivity index (χ1n) is 11.6. The van der Waals surface area contributed by atoms with Crippen molar-refractivity contribution in [2.45, 2.75) is 18.3 Å². The number of carboxylic acids is 1. The third-order valence-corrected chi connectivity index (χ3v) is 5.92. The molecule has 2 aliphatic rings. The Labute approximate surface area is 211 Å². The maximum absolute atomic E-state index is 11.9. The Morgan fingerprint density at radius 3 is 2.08 bits per heavy atom. The van der Waals surface area contributed by atoms with Gasteiger partial charge in [0.05, 0.1) is 12.9 Å². The molecule has 10 nitrogen and oxygen atoms in total. The predicted octanol–water partition coefficient (Wildman–Crippen LogP) is 1.99. The minimum atomic E-state index is -1.05. The lowest BCUT2D eigenvalue weighted by Crippen LogP contribution is -2.63. The number of urea groups is 1. The lowest BCUT2D eigenvalue weighted by atomic mass is 10.0. The molecule has 0 radical (unpaired) electrons. The lowest BCUT2D eigenvalue weighted by Gasteiger charge is -2.39. The van der Waals surface area contributed by atoms with Crippen LogP contribution in [0.4, 0.5) is 4.79 Å². The molecule has 192 valence electrons. The second kappa shape index (κ2) is 12.3. The van der Waals surface area contributed by atoms with Crippen LogP contribution in [-0.2, 0) is 14.3 Å². The number of rotatable bonds is 8. The zero-order chi connectivity index (χ0) is 26.2. The molecule has 2 aliphatic heterocycles. The van der Waals surface area contributed by atoms with Gasteiger partial charge in [-0.05, 0) is 25.2 Å². The number of ether oxygens (including phenoxy) is 1. The number of likely N-dealkylation sites (N-methyl/N-ethyl adjacent to an activating group) is 3. The first kappa shape index (κ1) is 26.8. The van der Waals surface area contributed by atoms with E-state index < -0.39 is 30.1 Å². The highest BCUT2D eigenvalue weighted by Gasteiger charge is 2.48. The van der Waals surface area contributed by atoms with E-state index in [4.69, 9.17) is 9.84 Å². The molecular weight excluding hydrogens is 462 g/mol. The summed E-state index contributed by atoms with van der Waals surface area (Å²) in [7, 11) is 7.02. The quantitative estimate of drug-likeness (QED) is 0.597. The summed E-state index contributed by atoms with van der Waals surface area (Å²) in [6, 6.07) is 19.6. The fourth-order valence-corrected chi connectivity index (χ4v) is 3.99. The third-order valence-electron chi connectivity index (χ3n) is 5.92. The first-order chi connectivity index (χ1) is 17.2. The van der Waals surface area contributed by atoms with Gasteiger partial charge in [0.2, 0.25) is 0 Å². The number of carboxylic acid groups (broad SMARTS) is 1. The number of benzene rings is 2. The molecule has 1 N–H and O–H groups in total. The van der Waals surface area contributed by atoms with Crippen LogP contribution in [0.1, 0.15) is 17.2 Å². The second-order valence-corrected chi connectivity index (χ2v) is 8.86. The summed E-state index contributed by atoms with van der Waals surface area (Å²) in [5.41, 5.74) is 2.40. The Balaban J connectivity index is 0.000000202. The average Bonchev–Trinajstić information content (AvgIpc) is 3.28. The zero-order valence-corrected chi connectivity index (χ0v) is 21.0. The van der Waals surface area contributed by atoms with Crippen molar-refractivity contribution in [2.24, 2.45) is 4.99 Å². The number of carbonyl (C=O) groups excluding carboxylic acids is 2. The zero-order valence-electron chi connectivity index (χ0n) is 21.0. The van der Waals surface area contributed by atoms with Gasteiger partial charge in [-0.2, -0.15) is 0 Å². The van der Waals surface area contributed by atoms with E-state index in [9.17, 15) is 14.4 Å². The van der Waals surface area contributed by atoms with E-state index in [0.717, 1.165) is 18.1 Å². The topological polar surface area (TPSA) is 106 Å². The SMILES string of the molecule is CN(C)CCOC(c1ccccc1)c1ccccc1.CN1C(=O)C2C(N=CN2CC(=O)O)N(C)C1=O. The number of aliphatic imine (C=N–C) groups is 1. The molecule has 0 aromatic heterocycles. The highest BCUT2D eigenvalue weighted by Crippen LogP contribution is 2.26. The Morgan fingerprint density at radius 1 is 1.03 bits per heavy atom. The van der Waals surface area contributed by atoms with E-state index in [0.29, 0.717) is 0 Å². The summed E-state index contributed by atoms with van der Waals surface area (Å²) in [4.78, 5) is 44.0. The highest BCUT2D eigenvalue weighted by molar-refractivity contribution is 6.02. The molecule has 0 saturated carbocycles. The predicted molar refractivity (Wildman–Crippen MR) is 136 cm³/mol. The van der Waals surface area contributed by atoms with Crippen LogP contribution in [0, 0.1) is 0 Å². The Bertz CT molecular complexity index is 1020. The molecule has 0 spiro atoms. The summed E-state index contributed by atoms with van der Waals surface area (Å²) in [6.45, 7) is 1.34. The van der Waals surface area contributed by atoms with E-state index in [-0.39, 0.29) is 12.6 Å². The van der Waals surface area contributed by atoms with Crippen molar-refractivity contribution in [1.29, 1.82) is 0 Å². The van der Waals surface area contributed by atoms with Crippen molar-refractivity contribution < 1.29 is 24.2 Å². The minimum Gasteiger partial charge on any atom is -0.480 e. The maximum atomic E-state index is 11.9. The third kappa shape index (κ3) is 6.46. The molecule has 1 saturated heterocycles. The van der Waals surface area contributed by atoms with E-state index in [1.54, 1.807) is 0 Å². The van der Waals surface area contributed by atoms with Crippen molar-refractivity contribution in [3.63, 3.8) is 0 Å². The molecule has 10 heteroatoms. The minimum absolute atomic E-state index is 0.0161.